The van der Waals surface area contributed by atoms with Crippen molar-refractivity contribution in [3.8, 4) is 5.75 Å². The van der Waals surface area contributed by atoms with Gasteiger partial charge >= 0.3 is 6.18 Å². The Labute approximate surface area is 223 Å². The average Bonchev–Trinajstić information content (AvgIpc) is 3.31. The fourth-order valence-corrected chi connectivity index (χ4v) is 4.36. The molecular formula is C26H29F4N7O2. The van der Waals surface area contributed by atoms with Crippen molar-refractivity contribution in [2.45, 2.75) is 39.2 Å². The van der Waals surface area contributed by atoms with Gasteiger partial charge in [0.15, 0.2) is 5.82 Å². The van der Waals surface area contributed by atoms with Crippen LogP contribution in [0.3, 0.4) is 0 Å². The van der Waals surface area contributed by atoms with Crippen LogP contribution in [0, 0.1) is 6.92 Å². The van der Waals surface area contributed by atoms with Gasteiger partial charge in [0.25, 0.3) is 0 Å². The van der Waals surface area contributed by atoms with Crippen LogP contribution >= 0.6 is 0 Å². The molecule has 0 bridgehead atoms. The van der Waals surface area contributed by atoms with Crippen LogP contribution in [-0.4, -0.2) is 79.9 Å². The van der Waals surface area contributed by atoms with E-state index in [-0.39, 0.29) is 25.1 Å². The number of tetrazole rings is 1. The molecule has 3 heterocycles. The zero-order chi connectivity index (χ0) is 28.0. The largest absolute Gasteiger partial charge is 0.489 e. The number of alkyl halides is 4. The molecule has 9 nitrogen and oxygen atoms in total. The molecule has 0 aliphatic carbocycles. The van der Waals surface area contributed by atoms with Gasteiger partial charge in [-0.2, -0.15) is 18.0 Å². The van der Waals surface area contributed by atoms with Crippen molar-refractivity contribution < 1.29 is 27.1 Å². The van der Waals surface area contributed by atoms with E-state index in [1.165, 1.54) is 23.0 Å². The third-order valence-electron chi connectivity index (χ3n) is 6.26. The Hall–Kier alpha value is -3.87. The van der Waals surface area contributed by atoms with E-state index in [1.54, 1.807) is 24.1 Å². The highest BCUT2D eigenvalue weighted by Crippen LogP contribution is 2.31. The second-order valence-corrected chi connectivity index (χ2v) is 9.25. The minimum atomic E-state index is -4.51. The molecule has 0 unspecified atom stereocenters. The Balaban J connectivity index is 1.39. The summed E-state index contributed by atoms with van der Waals surface area (Å²) in [7, 11) is 0. The molecule has 0 saturated carbocycles. The second-order valence-electron chi connectivity index (χ2n) is 9.25. The van der Waals surface area contributed by atoms with E-state index in [1.807, 2.05) is 13.0 Å². The number of rotatable bonds is 9. The molecule has 0 radical (unpaired) electrons. The van der Waals surface area contributed by atoms with Gasteiger partial charge in [-0.1, -0.05) is 6.07 Å². The van der Waals surface area contributed by atoms with Gasteiger partial charge in [0.1, 0.15) is 19.0 Å². The third kappa shape index (κ3) is 7.59. The van der Waals surface area contributed by atoms with Gasteiger partial charge in [-0.3, -0.25) is 14.7 Å². The van der Waals surface area contributed by atoms with Gasteiger partial charge in [0.2, 0.25) is 5.91 Å². The van der Waals surface area contributed by atoms with Crippen LogP contribution in [-0.2, 0) is 24.1 Å². The van der Waals surface area contributed by atoms with Gasteiger partial charge < -0.3 is 9.64 Å². The number of aromatic nitrogens is 5. The molecule has 1 aliphatic rings. The van der Waals surface area contributed by atoms with E-state index in [2.05, 4.69) is 25.3 Å². The number of ether oxygens (including phenoxy) is 1. The summed E-state index contributed by atoms with van der Waals surface area (Å²) in [6.45, 7) is 5.32. The first kappa shape index (κ1) is 28.1. The van der Waals surface area contributed by atoms with Gasteiger partial charge in [0, 0.05) is 38.3 Å². The predicted octanol–water partition coefficient (Wildman–Crippen LogP) is 3.54. The number of hydrogen-bond donors (Lipinski definition) is 0. The topological polar surface area (TPSA) is 89.3 Å². The fourth-order valence-electron chi connectivity index (χ4n) is 4.36. The number of aryl methyl sites for hydroxylation is 1. The average molecular weight is 547 g/mol. The zero-order valence-corrected chi connectivity index (χ0v) is 21.6. The molecule has 4 rings (SSSR count). The summed E-state index contributed by atoms with van der Waals surface area (Å²) in [4.78, 5) is 22.5. The first-order valence-corrected chi connectivity index (χ1v) is 12.4. The number of halogens is 4. The van der Waals surface area contributed by atoms with Gasteiger partial charge in [-0.15, -0.1) is 10.2 Å². The van der Waals surface area contributed by atoms with E-state index in [0.717, 1.165) is 17.8 Å². The molecular weight excluding hydrogens is 517 g/mol. The number of hydrogen-bond acceptors (Lipinski definition) is 7. The number of carbonyl (C=O) groups is 1. The van der Waals surface area contributed by atoms with E-state index in [4.69, 9.17) is 4.74 Å². The first-order valence-electron chi connectivity index (χ1n) is 12.4. The summed E-state index contributed by atoms with van der Waals surface area (Å²) < 4.78 is 57.4. The highest BCUT2D eigenvalue weighted by atomic mass is 19.3. The Bertz CT molecular complexity index is 1290. The van der Waals surface area contributed by atoms with E-state index in [9.17, 15) is 22.4 Å². The maximum atomic E-state index is 13.3. The normalized spacial score (nSPS) is 16.7. The van der Waals surface area contributed by atoms with Crippen LogP contribution in [0.4, 0.5) is 17.6 Å². The third-order valence-corrected chi connectivity index (χ3v) is 6.26. The van der Waals surface area contributed by atoms with Crippen molar-refractivity contribution in [3.05, 3.63) is 70.8 Å². The highest BCUT2D eigenvalue weighted by Gasteiger charge is 2.31. The lowest BCUT2D eigenvalue weighted by molar-refractivity contribution is -0.137. The van der Waals surface area contributed by atoms with Crippen LogP contribution in [0.1, 0.15) is 35.1 Å². The van der Waals surface area contributed by atoms with Crippen LogP contribution < -0.4 is 4.74 Å². The predicted molar refractivity (Wildman–Crippen MR) is 134 cm³/mol. The SMILES string of the molecule is Cc1nnn(Cc2cc(C(F)(F)[18F])ccc2/C=C/C(=O)N2CCN(Cc3ccc(OCCF)cn3)C[C@H]2C)n1. The molecule has 0 spiro atoms. The Kier molecular flexibility index (Phi) is 8.90. The number of benzene rings is 1. The number of amides is 1. The molecule has 0 N–H and O–H groups in total. The first-order chi connectivity index (χ1) is 18.6. The summed E-state index contributed by atoms with van der Waals surface area (Å²) >= 11 is 0. The minimum Gasteiger partial charge on any atom is -0.489 e. The van der Waals surface area contributed by atoms with Crippen LogP contribution in [0.5, 0.6) is 5.75 Å². The monoisotopic (exact) mass is 546 g/mol. The van der Waals surface area contributed by atoms with Crippen molar-refractivity contribution in [1.29, 1.82) is 0 Å². The number of nitrogens with zero attached hydrogens (tertiary/aromatic N) is 7. The summed E-state index contributed by atoms with van der Waals surface area (Å²) in [5.74, 6) is 0.684. The highest BCUT2D eigenvalue weighted by molar-refractivity contribution is 5.92. The van der Waals surface area contributed by atoms with Crippen molar-refractivity contribution in [1.82, 2.24) is 35.0 Å². The molecule has 13 heteroatoms. The lowest BCUT2D eigenvalue weighted by Crippen LogP contribution is -2.53. The van der Waals surface area contributed by atoms with Crippen molar-refractivity contribution in [2.24, 2.45) is 0 Å². The summed E-state index contributed by atoms with van der Waals surface area (Å²) in [6, 6.07) is 6.87. The van der Waals surface area contributed by atoms with Gasteiger partial charge in [-0.05, 0) is 60.5 Å². The Morgan fingerprint density at radius 1 is 1.18 bits per heavy atom. The smallest absolute Gasteiger partial charge is 0.416 e. The van der Waals surface area contributed by atoms with Crippen LogP contribution in [0.15, 0.2) is 42.6 Å². The molecule has 39 heavy (non-hydrogen) atoms. The van der Waals surface area contributed by atoms with Crippen molar-refractivity contribution >= 4 is 12.0 Å². The van der Waals surface area contributed by atoms with E-state index >= 15 is 0 Å². The molecule has 1 saturated heterocycles. The molecule has 3 aromatic rings. The molecule has 2 aromatic heterocycles. The Morgan fingerprint density at radius 3 is 2.64 bits per heavy atom. The van der Waals surface area contributed by atoms with Crippen molar-refractivity contribution in [3.63, 3.8) is 0 Å². The number of pyridine rings is 1. The van der Waals surface area contributed by atoms with Crippen LogP contribution in [0.2, 0.25) is 0 Å². The fraction of sp³-hybridized carbons (Fsp3) is 0.423. The standard InChI is InChI=1S/C26H29F4N7O2/c1-18-15-35(17-23-6-7-24(14-31-23)39-12-9-27)10-11-36(18)25(38)8-4-20-3-5-22(26(28,29)30)13-21(20)16-37-33-19(2)32-34-37/h3-8,13-14,18H,9-12,15-17H2,1-2H3/b8-4+/t18-/m1/s1/i28-1. The zero-order valence-electron chi connectivity index (χ0n) is 21.6. The number of carbonyl (C=O) groups excluding carboxylic acids is 1. The minimum absolute atomic E-state index is 0.0120. The maximum Gasteiger partial charge on any atom is 0.416 e. The lowest BCUT2D eigenvalue weighted by atomic mass is 10.0. The van der Waals surface area contributed by atoms with Crippen molar-refractivity contribution in [2.75, 3.05) is 32.9 Å². The lowest BCUT2D eigenvalue weighted by Gasteiger charge is -2.39. The summed E-state index contributed by atoms with van der Waals surface area (Å²) in [5, 5.41) is 11.7. The molecule has 1 aliphatic heterocycles. The summed E-state index contributed by atoms with van der Waals surface area (Å²) in [5.41, 5.74) is 0.820. The maximum absolute atomic E-state index is 13.3. The van der Waals surface area contributed by atoms with E-state index in [0.29, 0.717) is 48.9 Å². The van der Waals surface area contributed by atoms with Gasteiger partial charge in [0.05, 0.1) is 24.0 Å². The molecule has 208 valence electrons. The van der Waals surface area contributed by atoms with Gasteiger partial charge in [-0.25, -0.2) is 4.39 Å². The molecule has 1 aromatic carbocycles. The second kappa shape index (κ2) is 12.3. The van der Waals surface area contributed by atoms with E-state index < -0.39 is 18.4 Å². The quantitative estimate of drug-likeness (QED) is 0.300. The Morgan fingerprint density at radius 2 is 2.00 bits per heavy atom. The van der Waals surface area contributed by atoms with Crippen LogP contribution in [0.25, 0.3) is 6.08 Å². The number of piperazine rings is 1. The summed E-state index contributed by atoms with van der Waals surface area (Å²) in [6.07, 6.45) is -0.0317. The molecule has 1 atom stereocenters. The molecule has 1 fully saturated rings. The molecule has 1 amide bonds.